The molecule has 0 aromatic heterocycles. The molecule has 0 saturated carbocycles. The Morgan fingerprint density at radius 2 is 0.635 bits per heavy atom. The standard InChI is InChI=1S/C42H54O10/c1-31(43)27-49-33(3)29-51-41-17-9-37(10-18-41)35-5-13-39(14-6-35)47-25-23-45-21-22-46-24-26-48-40-15-7-36(8-16-40)38-11-19-42(20-12-38)52-30-34(4)50-28-32(2)44/h5-20,31-34,43-44H,21-30H2,1-4H3. The van der Waals surface area contributed by atoms with Gasteiger partial charge in [-0.3, -0.25) is 0 Å². The summed E-state index contributed by atoms with van der Waals surface area (Å²) < 4.78 is 45.6. The number of benzene rings is 4. The number of hydrogen-bond donors (Lipinski definition) is 2. The summed E-state index contributed by atoms with van der Waals surface area (Å²) in [4.78, 5) is 0. The predicted octanol–water partition coefficient (Wildman–Crippen LogP) is 6.84. The van der Waals surface area contributed by atoms with Gasteiger partial charge in [-0.2, -0.15) is 0 Å². The van der Waals surface area contributed by atoms with E-state index < -0.39 is 12.2 Å². The Morgan fingerprint density at radius 1 is 0.365 bits per heavy atom. The highest BCUT2D eigenvalue weighted by molar-refractivity contribution is 5.65. The second kappa shape index (κ2) is 22.7. The molecule has 0 radical (unpaired) electrons. The average Bonchev–Trinajstić information content (AvgIpc) is 3.16. The van der Waals surface area contributed by atoms with E-state index >= 15 is 0 Å². The van der Waals surface area contributed by atoms with E-state index in [-0.39, 0.29) is 12.2 Å². The monoisotopic (exact) mass is 718 g/mol. The van der Waals surface area contributed by atoms with Crippen LogP contribution in [0.2, 0.25) is 0 Å². The Labute approximate surface area is 308 Å². The molecule has 0 saturated heterocycles. The van der Waals surface area contributed by atoms with Crippen molar-refractivity contribution < 1.29 is 48.1 Å². The summed E-state index contributed by atoms with van der Waals surface area (Å²) in [5, 5.41) is 18.7. The Hall–Kier alpha value is -4.16. The van der Waals surface area contributed by atoms with Crippen molar-refractivity contribution in [2.75, 3.05) is 66.1 Å². The van der Waals surface area contributed by atoms with Gasteiger partial charge in [0.05, 0.1) is 64.1 Å². The smallest absolute Gasteiger partial charge is 0.119 e. The minimum atomic E-state index is -0.489. The number of aliphatic hydroxyl groups is 2. The second-order valence-electron chi connectivity index (χ2n) is 12.6. The highest BCUT2D eigenvalue weighted by Gasteiger charge is 2.08. The highest BCUT2D eigenvalue weighted by atomic mass is 16.6. The van der Waals surface area contributed by atoms with Crippen molar-refractivity contribution >= 4 is 0 Å². The zero-order valence-electron chi connectivity index (χ0n) is 30.8. The van der Waals surface area contributed by atoms with Gasteiger partial charge in [0.15, 0.2) is 0 Å². The Morgan fingerprint density at radius 3 is 0.923 bits per heavy atom. The summed E-state index contributed by atoms with van der Waals surface area (Å²) in [6.07, 6.45) is -1.19. The molecule has 10 nitrogen and oxygen atoms in total. The van der Waals surface area contributed by atoms with Gasteiger partial charge in [-0.05, 0) is 98.5 Å². The normalized spacial score (nSPS) is 13.6. The fourth-order valence-corrected chi connectivity index (χ4v) is 4.86. The lowest BCUT2D eigenvalue weighted by Crippen LogP contribution is -2.22. The van der Waals surface area contributed by atoms with Crippen LogP contribution in [0.4, 0.5) is 0 Å². The molecule has 4 unspecified atom stereocenters. The lowest BCUT2D eigenvalue weighted by Gasteiger charge is -2.15. The molecule has 4 rings (SSSR count). The predicted molar refractivity (Wildman–Crippen MR) is 202 cm³/mol. The number of aliphatic hydroxyl groups excluding tert-OH is 2. The van der Waals surface area contributed by atoms with Gasteiger partial charge >= 0.3 is 0 Å². The molecule has 0 amide bonds. The van der Waals surface area contributed by atoms with Crippen LogP contribution in [0.25, 0.3) is 22.3 Å². The van der Waals surface area contributed by atoms with Crippen LogP contribution in [0.5, 0.6) is 23.0 Å². The molecule has 0 aliphatic carbocycles. The second-order valence-corrected chi connectivity index (χ2v) is 12.6. The molecular weight excluding hydrogens is 664 g/mol. The van der Waals surface area contributed by atoms with E-state index in [1.54, 1.807) is 13.8 Å². The van der Waals surface area contributed by atoms with Crippen molar-refractivity contribution in [1.82, 2.24) is 0 Å². The van der Waals surface area contributed by atoms with Gasteiger partial charge in [-0.25, -0.2) is 0 Å². The largest absolute Gasteiger partial charge is 0.491 e. The zero-order valence-corrected chi connectivity index (χ0v) is 30.8. The molecule has 10 heteroatoms. The molecule has 0 aliphatic rings. The average molecular weight is 719 g/mol. The fourth-order valence-electron chi connectivity index (χ4n) is 4.86. The summed E-state index contributed by atoms with van der Waals surface area (Å²) in [6.45, 7) is 11.4. The van der Waals surface area contributed by atoms with Gasteiger partial charge in [-0.15, -0.1) is 0 Å². The third-order valence-electron chi connectivity index (χ3n) is 7.66. The molecule has 0 heterocycles. The van der Waals surface area contributed by atoms with Crippen LogP contribution < -0.4 is 18.9 Å². The number of rotatable bonds is 25. The quantitative estimate of drug-likeness (QED) is 0.0707. The number of hydrogen-bond acceptors (Lipinski definition) is 10. The van der Waals surface area contributed by atoms with E-state index in [0.29, 0.717) is 66.1 Å². The third-order valence-corrected chi connectivity index (χ3v) is 7.66. The summed E-state index contributed by atoms with van der Waals surface area (Å²) in [5.41, 5.74) is 4.32. The van der Waals surface area contributed by atoms with E-state index in [1.807, 2.05) is 111 Å². The minimum Gasteiger partial charge on any atom is -0.491 e. The van der Waals surface area contributed by atoms with Gasteiger partial charge in [0.2, 0.25) is 0 Å². The van der Waals surface area contributed by atoms with Gasteiger partial charge in [0.1, 0.15) is 49.4 Å². The molecule has 4 aromatic carbocycles. The minimum absolute atomic E-state index is 0.105. The highest BCUT2D eigenvalue weighted by Crippen LogP contribution is 2.26. The first kappa shape index (κ1) is 40.6. The molecular formula is C42H54O10. The Balaban J connectivity index is 1.01. The third kappa shape index (κ3) is 15.6. The first-order chi connectivity index (χ1) is 25.2. The summed E-state index contributed by atoms with van der Waals surface area (Å²) in [6, 6.07) is 31.8. The molecule has 4 aromatic rings. The zero-order chi connectivity index (χ0) is 37.0. The van der Waals surface area contributed by atoms with Crippen LogP contribution in [0, 0.1) is 0 Å². The summed E-state index contributed by atoms with van der Waals surface area (Å²) in [7, 11) is 0. The number of ether oxygens (including phenoxy) is 8. The summed E-state index contributed by atoms with van der Waals surface area (Å²) in [5.74, 6) is 3.10. The maximum absolute atomic E-state index is 9.33. The molecule has 282 valence electrons. The van der Waals surface area contributed by atoms with Crippen molar-refractivity contribution in [2.24, 2.45) is 0 Å². The first-order valence-electron chi connectivity index (χ1n) is 17.9. The van der Waals surface area contributed by atoms with E-state index in [9.17, 15) is 10.2 Å². The van der Waals surface area contributed by atoms with Crippen LogP contribution in [0.1, 0.15) is 27.7 Å². The van der Waals surface area contributed by atoms with Crippen LogP contribution in [-0.4, -0.2) is 101 Å². The van der Waals surface area contributed by atoms with Crippen molar-refractivity contribution in [3.8, 4) is 45.3 Å². The van der Waals surface area contributed by atoms with E-state index in [0.717, 1.165) is 45.3 Å². The molecule has 4 atom stereocenters. The van der Waals surface area contributed by atoms with Crippen LogP contribution >= 0.6 is 0 Å². The van der Waals surface area contributed by atoms with Gasteiger partial charge in [0.25, 0.3) is 0 Å². The van der Waals surface area contributed by atoms with Gasteiger partial charge in [-0.1, -0.05) is 48.5 Å². The van der Waals surface area contributed by atoms with Crippen LogP contribution in [0.3, 0.4) is 0 Å². The lowest BCUT2D eigenvalue weighted by molar-refractivity contribution is -0.0132. The first-order valence-corrected chi connectivity index (χ1v) is 17.9. The van der Waals surface area contributed by atoms with Gasteiger partial charge in [0, 0.05) is 0 Å². The van der Waals surface area contributed by atoms with E-state index in [4.69, 9.17) is 37.9 Å². The van der Waals surface area contributed by atoms with E-state index in [1.165, 1.54) is 0 Å². The Bertz CT molecular complexity index is 1390. The maximum Gasteiger partial charge on any atom is 0.119 e. The van der Waals surface area contributed by atoms with E-state index in [2.05, 4.69) is 0 Å². The molecule has 2 N–H and O–H groups in total. The topological polar surface area (TPSA) is 114 Å². The van der Waals surface area contributed by atoms with Gasteiger partial charge < -0.3 is 48.1 Å². The molecule has 0 aliphatic heterocycles. The van der Waals surface area contributed by atoms with Crippen LogP contribution in [-0.2, 0) is 18.9 Å². The lowest BCUT2D eigenvalue weighted by atomic mass is 10.1. The summed E-state index contributed by atoms with van der Waals surface area (Å²) >= 11 is 0. The SMILES string of the molecule is CC(O)COC(C)COc1ccc(-c2ccc(OCCOCCOCCOc3ccc(-c4ccc(OCC(C)OCC(C)O)cc4)cc3)cc2)cc1. The molecule has 0 fully saturated rings. The van der Waals surface area contributed by atoms with Crippen molar-refractivity contribution in [2.45, 2.75) is 52.1 Å². The molecule has 0 bridgehead atoms. The van der Waals surface area contributed by atoms with Crippen LogP contribution in [0.15, 0.2) is 97.1 Å². The Kier molecular flexibility index (Phi) is 17.7. The van der Waals surface area contributed by atoms with Crippen molar-refractivity contribution in [3.05, 3.63) is 97.1 Å². The maximum atomic E-state index is 9.33. The molecule has 52 heavy (non-hydrogen) atoms. The fraction of sp³-hybridized carbons (Fsp3) is 0.429. The molecule has 0 spiro atoms. The van der Waals surface area contributed by atoms with Crippen molar-refractivity contribution in [3.63, 3.8) is 0 Å². The van der Waals surface area contributed by atoms with Crippen molar-refractivity contribution in [1.29, 1.82) is 0 Å².